The maximum absolute atomic E-state index is 12.9. The lowest BCUT2D eigenvalue weighted by Crippen LogP contribution is -2.29. The van der Waals surface area contributed by atoms with Crippen LogP contribution in [0.4, 0.5) is 18.9 Å². The van der Waals surface area contributed by atoms with Crippen molar-refractivity contribution in [3.8, 4) is 0 Å². The van der Waals surface area contributed by atoms with Gasteiger partial charge < -0.3 is 10.4 Å². The normalized spacial score (nSPS) is 21.5. The highest BCUT2D eigenvalue weighted by Gasteiger charge is 2.65. The summed E-state index contributed by atoms with van der Waals surface area (Å²) in [6.07, 6.45) is 5.76. The molecule has 4 heterocycles. The van der Waals surface area contributed by atoms with Gasteiger partial charge in [0.25, 0.3) is 0 Å². The number of piperidine rings is 1. The van der Waals surface area contributed by atoms with E-state index < -0.39 is 17.6 Å². The van der Waals surface area contributed by atoms with Crippen LogP contribution in [0.1, 0.15) is 59.7 Å². The number of rotatable bonds is 5. The summed E-state index contributed by atoms with van der Waals surface area (Å²) in [7, 11) is 0. The Hall–Kier alpha value is -4.51. The minimum absolute atomic E-state index is 0.123. The summed E-state index contributed by atoms with van der Waals surface area (Å²) in [4.78, 5) is 28.9. The van der Waals surface area contributed by atoms with Crippen LogP contribution < -0.4 is 5.32 Å². The summed E-state index contributed by atoms with van der Waals surface area (Å²) in [5.41, 5.74) is 6.94. The average Bonchev–Trinajstić information content (AvgIpc) is 3.53. The van der Waals surface area contributed by atoms with E-state index in [4.69, 9.17) is 9.90 Å². The first-order chi connectivity index (χ1) is 20.6. The number of carboxylic acids is 1. The molecular formula is C32H30F3N5O3. The van der Waals surface area contributed by atoms with E-state index in [2.05, 4.69) is 67.9 Å². The SMILES string of the molecule is O=C(O)C(F)(F)F.O=C1Nc2ccccc2[C@]12C[C@H]2c1ccc2c(/C=C/c3ccc(CN4CCCCC4)nc3)n[nH]c2c1. The zero-order valence-electron chi connectivity index (χ0n) is 23.2. The van der Waals surface area contributed by atoms with Gasteiger partial charge in [0.05, 0.1) is 22.3 Å². The number of benzene rings is 2. The zero-order chi connectivity index (χ0) is 30.2. The van der Waals surface area contributed by atoms with Gasteiger partial charge in [0.2, 0.25) is 5.91 Å². The molecule has 2 aliphatic heterocycles. The Morgan fingerprint density at radius 3 is 2.56 bits per heavy atom. The van der Waals surface area contributed by atoms with Crippen LogP contribution in [0.5, 0.6) is 0 Å². The third-order valence-corrected chi connectivity index (χ3v) is 8.40. The molecule has 1 saturated carbocycles. The molecule has 0 unspecified atom stereocenters. The van der Waals surface area contributed by atoms with Crippen LogP contribution in [0, 0.1) is 0 Å². The fourth-order valence-electron chi connectivity index (χ4n) is 6.10. The lowest BCUT2D eigenvalue weighted by molar-refractivity contribution is -0.192. The minimum Gasteiger partial charge on any atom is -0.475 e. The summed E-state index contributed by atoms with van der Waals surface area (Å²) in [5.74, 6) is -2.44. The molecule has 1 aliphatic carbocycles. The number of halogens is 3. The molecule has 1 spiro atoms. The fourth-order valence-corrected chi connectivity index (χ4v) is 6.10. The number of alkyl halides is 3. The lowest BCUT2D eigenvalue weighted by atomic mass is 9.92. The second-order valence-corrected chi connectivity index (χ2v) is 11.2. The van der Waals surface area contributed by atoms with Crippen molar-refractivity contribution in [3.63, 3.8) is 0 Å². The van der Waals surface area contributed by atoms with Gasteiger partial charge in [-0.3, -0.25) is 19.8 Å². The first kappa shape index (κ1) is 28.6. The smallest absolute Gasteiger partial charge is 0.475 e. The van der Waals surface area contributed by atoms with Gasteiger partial charge >= 0.3 is 12.1 Å². The van der Waals surface area contributed by atoms with Crippen molar-refractivity contribution in [2.24, 2.45) is 0 Å². The molecule has 4 aromatic rings. The Morgan fingerprint density at radius 1 is 1.07 bits per heavy atom. The summed E-state index contributed by atoms with van der Waals surface area (Å²) >= 11 is 0. The van der Waals surface area contributed by atoms with Crippen LogP contribution in [0.25, 0.3) is 23.1 Å². The molecule has 43 heavy (non-hydrogen) atoms. The maximum atomic E-state index is 12.9. The molecule has 8 nitrogen and oxygen atoms in total. The van der Waals surface area contributed by atoms with E-state index in [1.165, 1.54) is 37.9 Å². The van der Waals surface area contributed by atoms with E-state index in [1.54, 1.807) is 0 Å². The number of nitrogens with zero attached hydrogens (tertiary/aromatic N) is 3. The van der Waals surface area contributed by atoms with Crippen LogP contribution in [-0.4, -0.2) is 56.3 Å². The first-order valence-electron chi connectivity index (χ1n) is 14.2. The number of aromatic nitrogens is 3. The third-order valence-electron chi connectivity index (χ3n) is 8.40. The van der Waals surface area contributed by atoms with Crippen LogP contribution in [0.3, 0.4) is 0 Å². The number of H-pyrrole nitrogens is 1. The standard InChI is InChI=1S/C30H29N5O.C2HF3O2/c36-29-30(24-6-2-3-7-27(24)32-29)17-25(30)21-10-12-23-26(33-34-28(23)16-21)13-9-20-8-11-22(31-18-20)19-35-14-4-1-5-15-35;3-2(4,5)1(6)7/h2-3,6-13,16,18,25H,1,4-5,14-15,17,19H2,(H,32,36)(H,33,34);(H,6,7)/b13-9+;/t25-,30-;/m0./s1. The lowest BCUT2D eigenvalue weighted by Gasteiger charge is -2.25. The number of pyridine rings is 1. The number of anilines is 1. The number of hydrogen-bond donors (Lipinski definition) is 3. The highest BCUT2D eigenvalue weighted by atomic mass is 19.4. The molecule has 0 bridgehead atoms. The number of para-hydroxylation sites is 1. The number of fused-ring (bicyclic) bond motifs is 3. The number of carbonyl (C=O) groups excluding carboxylic acids is 1. The van der Waals surface area contributed by atoms with Gasteiger partial charge in [0.15, 0.2) is 0 Å². The second kappa shape index (κ2) is 11.3. The molecule has 2 atom stereocenters. The van der Waals surface area contributed by atoms with E-state index in [0.29, 0.717) is 0 Å². The molecule has 7 rings (SSSR count). The van der Waals surface area contributed by atoms with Gasteiger partial charge in [-0.05, 0) is 73.3 Å². The molecule has 2 aromatic carbocycles. The predicted molar refractivity (Wildman–Crippen MR) is 156 cm³/mol. The van der Waals surface area contributed by atoms with Gasteiger partial charge in [-0.15, -0.1) is 0 Å². The number of carboxylic acid groups (broad SMARTS) is 1. The Morgan fingerprint density at radius 2 is 1.84 bits per heavy atom. The number of hydrogen-bond acceptors (Lipinski definition) is 5. The highest BCUT2D eigenvalue weighted by molar-refractivity contribution is 6.09. The number of nitrogens with one attached hydrogen (secondary N) is 2. The molecule has 2 fully saturated rings. The van der Waals surface area contributed by atoms with Crippen molar-refractivity contribution in [3.05, 3.63) is 88.9 Å². The Bertz CT molecular complexity index is 1690. The summed E-state index contributed by atoms with van der Waals surface area (Å²) in [6, 6.07) is 18.8. The Balaban J connectivity index is 0.000000423. The molecule has 1 amide bonds. The van der Waals surface area contributed by atoms with Crippen LogP contribution in [-0.2, 0) is 21.5 Å². The summed E-state index contributed by atoms with van der Waals surface area (Å²) < 4.78 is 31.7. The molecule has 1 saturated heterocycles. The number of aliphatic carboxylic acids is 1. The number of likely N-dealkylation sites (tertiary alicyclic amines) is 1. The summed E-state index contributed by atoms with van der Waals surface area (Å²) in [5, 5.41) is 19.0. The molecule has 11 heteroatoms. The van der Waals surface area contributed by atoms with E-state index in [0.717, 1.165) is 52.1 Å². The predicted octanol–water partition coefficient (Wildman–Crippen LogP) is 6.12. The topological polar surface area (TPSA) is 111 Å². The van der Waals surface area contributed by atoms with Crippen molar-refractivity contribution < 1.29 is 27.9 Å². The third kappa shape index (κ3) is 5.77. The minimum atomic E-state index is -5.08. The van der Waals surface area contributed by atoms with Gasteiger partial charge in [0.1, 0.15) is 0 Å². The molecule has 2 aromatic heterocycles. The van der Waals surface area contributed by atoms with Gasteiger partial charge in [0, 0.05) is 29.7 Å². The van der Waals surface area contributed by atoms with Crippen molar-refractivity contribution in [2.45, 2.75) is 49.7 Å². The maximum Gasteiger partial charge on any atom is 0.490 e. The van der Waals surface area contributed by atoms with Gasteiger partial charge in [-0.25, -0.2) is 4.79 Å². The van der Waals surface area contributed by atoms with Gasteiger partial charge in [-0.1, -0.05) is 48.9 Å². The quantitative estimate of drug-likeness (QED) is 0.259. The molecular weight excluding hydrogens is 559 g/mol. The highest BCUT2D eigenvalue weighted by Crippen LogP contribution is 2.65. The average molecular weight is 590 g/mol. The first-order valence-corrected chi connectivity index (χ1v) is 14.2. The van der Waals surface area contributed by atoms with Crippen molar-refractivity contribution in [1.82, 2.24) is 20.1 Å². The number of aromatic amines is 1. The largest absolute Gasteiger partial charge is 0.490 e. The molecule has 0 radical (unpaired) electrons. The molecule has 3 N–H and O–H groups in total. The zero-order valence-corrected chi connectivity index (χ0v) is 23.2. The van der Waals surface area contributed by atoms with E-state index in [1.807, 2.05) is 30.5 Å². The molecule has 3 aliphatic rings. The van der Waals surface area contributed by atoms with Crippen LogP contribution in [0.2, 0.25) is 0 Å². The molecule has 222 valence electrons. The summed E-state index contributed by atoms with van der Waals surface area (Å²) in [6.45, 7) is 3.30. The van der Waals surface area contributed by atoms with Crippen LogP contribution >= 0.6 is 0 Å². The fraction of sp³-hybridized carbons (Fsp3) is 0.312. The Labute approximate surface area is 245 Å². The van der Waals surface area contributed by atoms with Crippen molar-refractivity contribution >= 4 is 40.6 Å². The van der Waals surface area contributed by atoms with E-state index in [-0.39, 0.29) is 11.8 Å². The van der Waals surface area contributed by atoms with Gasteiger partial charge in [-0.2, -0.15) is 18.3 Å². The van der Waals surface area contributed by atoms with E-state index in [9.17, 15) is 18.0 Å². The van der Waals surface area contributed by atoms with E-state index >= 15 is 0 Å². The van der Waals surface area contributed by atoms with Crippen molar-refractivity contribution in [2.75, 3.05) is 18.4 Å². The monoisotopic (exact) mass is 589 g/mol. The number of amides is 1. The van der Waals surface area contributed by atoms with Crippen LogP contribution in [0.15, 0.2) is 60.8 Å². The van der Waals surface area contributed by atoms with Crippen molar-refractivity contribution in [1.29, 1.82) is 0 Å². The second-order valence-electron chi connectivity index (χ2n) is 11.2. The Kier molecular flexibility index (Phi) is 7.51. The number of carbonyl (C=O) groups is 2.